The van der Waals surface area contributed by atoms with Crippen LogP contribution >= 0.6 is 0 Å². The largest absolute Gasteiger partial charge is 0.338 e. The van der Waals surface area contributed by atoms with Crippen molar-refractivity contribution >= 4 is 33.2 Å². The topological polar surface area (TPSA) is 95.6 Å². The second-order valence-corrected chi connectivity index (χ2v) is 9.14. The number of amides is 2. The summed E-state index contributed by atoms with van der Waals surface area (Å²) in [5.41, 5.74) is 3.06. The molecular formula is C21H25N3O4S. The molecular weight excluding hydrogens is 390 g/mol. The van der Waals surface area contributed by atoms with Gasteiger partial charge in [-0.25, -0.2) is 8.42 Å². The molecule has 0 atom stereocenters. The van der Waals surface area contributed by atoms with Crippen LogP contribution in [0.4, 0.5) is 11.4 Å². The fourth-order valence-electron chi connectivity index (χ4n) is 3.31. The molecule has 0 aliphatic carbocycles. The number of anilines is 2. The normalized spacial score (nSPS) is 13.7. The second-order valence-electron chi connectivity index (χ2n) is 7.46. The third-order valence-corrected chi connectivity index (χ3v) is 6.16. The predicted molar refractivity (Wildman–Crippen MR) is 112 cm³/mol. The Morgan fingerprint density at radius 3 is 2.28 bits per heavy atom. The average Bonchev–Trinajstić information content (AvgIpc) is 2.66. The number of rotatable bonds is 5. The first-order chi connectivity index (χ1) is 13.7. The SMILES string of the molecule is CC(=O)Nc1ccc(S(=O)(=O)Nc2ccc3c(c2)CN(C(=O)C(C)C)CC3)cc1. The lowest BCUT2D eigenvalue weighted by Crippen LogP contribution is -2.38. The zero-order chi connectivity index (χ0) is 21.2. The molecule has 0 spiro atoms. The van der Waals surface area contributed by atoms with Crippen molar-refractivity contribution in [3.63, 3.8) is 0 Å². The van der Waals surface area contributed by atoms with E-state index in [1.54, 1.807) is 12.1 Å². The van der Waals surface area contributed by atoms with Gasteiger partial charge in [0.25, 0.3) is 10.0 Å². The van der Waals surface area contributed by atoms with Crippen molar-refractivity contribution in [2.24, 2.45) is 5.92 Å². The summed E-state index contributed by atoms with van der Waals surface area (Å²) in [5, 5.41) is 2.60. The summed E-state index contributed by atoms with van der Waals surface area (Å²) >= 11 is 0. The fraction of sp³-hybridized carbons (Fsp3) is 0.333. The van der Waals surface area contributed by atoms with Gasteiger partial charge in [0.1, 0.15) is 0 Å². The lowest BCUT2D eigenvalue weighted by atomic mass is 9.98. The molecule has 2 aromatic rings. The van der Waals surface area contributed by atoms with Gasteiger partial charge >= 0.3 is 0 Å². The van der Waals surface area contributed by atoms with Crippen LogP contribution in [-0.2, 0) is 32.6 Å². The van der Waals surface area contributed by atoms with Crippen LogP contribution in [0.2, 0.25) is 0 Å². The molecule has 2 aromatic carbocycles. The van der Waals surface area contributed by atoms with E-state index in [1.807, 2.05) is 24.8 Å². The summed E-state index contributed by atoms with van der Waals surface area (Å²) in [6.45, 7) is 6.29. The highest BCUT2D eigenvalue weighted by atomic mass is 32.2. The minimum absolute atomic E-state index is 0.0706. The van der Waals surface area contributed by atoms with Gasteiger partial charge in [0.2, 0.25) is 11.8 Å². The Balaban J connectivity index is 1.77. The first kappa shape index (κ1) is 20.9. The molecule has 2 N–H and O–H groups in total. The highest BCUT2D eigenvalue weighted by Crippen LogP contribution is 2.25. The van der Waals surface area contributed by atoms with Gasteiger partial charge in [0.05, 0.1) is 4.90 Å². The van der Waals surface area contributed by atoms with Crippen molar-refractivity contribution < 1.29 is 18.0 Å². The molecule has 0 radical (unpaired) electrons. The van der Waals surface area contributed by atoms with Crippen LogP contribution in [0.15, 0.2) is 47.4 Å². The van der Waals surface area contributed by atoms with Crippen molar-refractivity contribution in [3.8, 4) is 0 Å². The molecule has 0 fully saturated rings. The van der Waals surface area contributed by atoms with Gasteiger partial charge in [-0.05, 0) is 53.9 Å². The lowest BCUT2D eigenvalue weighted by molar-refractivity contribution is -0.135. The number of nitrogens with zero attached hydrogens (tertiary/aromatic N) is 1. The molecule has 0 bridgehead atoms. The Labute approximate surface area is 171 Å². The van der Waals surface area contributed by atoms with Crippen LogP contribution < -0.4 is 10.0 Å². The van der Waals surface area contributed by atoms with E-state index in [0.717, 1.165) is 17.5 Å². The Morgan fingerprint density at radius 1 is 1.00 bits per heavy atom. The predicted octanol–water partition coefficient (Wildman–Crippen LogP) is 2.99. The van der Waals surface area contributed by atoms with Gasteiger partial charge < -0.3 is 10.2 Å². The molecule has 0 aromatic heterocycles. The maximum absolute atomic E-state index is 12.7. The second kappa shape index (κ2) is 8.24. The standard InChI is InChI=1S/C21H25N3O4S/c1-14(2)21(26)24-11-10-16-4-5-19(12-17(16)13-24)23-29(27,28)20-8-6-18(7-9-20)22-15(3)25/h4-9,12,14,23H,10-11,13H2,1-3H3,(H,22,25). The van der Waals surface area contributed by atoms with Crippen molar-refractivity contribution in [1.29, 1.82) is 0 Å². The molecule has 1 aliphatic rings. The van der Waals surface area contributed by atoms with Crippen LogP contribution in [0.5, 0.6) is 0 Å². The van der Waals surface area contributed by atoms with E-state index in [2.05, 4.69) is 10.0 Å². The van der Waals surface area contributed by atoms with Gasteiger partial charge in [0.15, 0.2) is 0 Å². The van der Waals surface area contributed by atoms with Gasteiger partial charge in [0, 0.05) is 37.3 Å². The Bertz CT molecular complexity index is 1030. The van der Waals surface area contributed by atoms with Crippen molar-refractivity contribution in [1.82, 2.24) is 4.90 Å². The molecule has 3 rings (SSSR count). The first-order valence-corrected chi connectivity index (χ1v) is 10.9. The summed E-state index contributed by atoms with van der Waals surface area (Å²) in [6.07, 6.45) is 0.755. The number of carbonyl (C=O) groups is 2. The van der Waals surface area contributed by atoms with Crippen LogP contribution in [0.3, 0.4) is 0 Å². The van der Waals surface area contributed by atoms with Crippen molar-refractivity contribution in [2.75, 3.05) is 16.6 Å². The van der Waals surface area contributed by atoms with E-state index in [9.17, 15) is 18.0 Å². The smallest absolute Gasteiger partial charge is 0.261 e. The van der Waals surface area contributed by atoms with E-state index >= 15 is 0 Å². The molecule has 1 aliphatic heterocycles. The number of sulfonamides is 1. The number of hydrogen-bond acceptors (Lipinski definition) is 4. The number of hydrogen-bond donors (Lipinski definition) is 2. The molecule has 29 heavy (non-hydrogen) atoms. The minimum atomic E-state index is -3.77. The fourth-order valence-corrected chi connectivity index (χ4v) is 4.36. The number of nitrogens with one attached hydrogen (secondary N) is 2. The zero-order valence-corrected chi connectivity index (χ0v) is 17.5. The number of fused-ring (bicyclic) bond motifs is 1. The third kappa shape index (κ3) is 4.95. The van der Waals surface area contributed by atoms with E-state index in [4.69, 9.17) is 0 Å². The quantitative estimate of drug-likeness (QED) is 0.785. The molecule has 2 amide bonds. The van der Waals surface area contributed by atoms with Crippen LogP contribution in [0, 0.1) is 5.92 Å². The Morgan fingerprint density at radius 2 is 1.66 bits per heavy atom. The number of carbonyl (C=O) groups excluding carboxylic acids is 2. The maximum atomic E-state index is 12.7. The summed E-state index contributed by atoms with van der Waals surface area (Å²) < 4.78 is 28.0. The van der Waals surface area contributed by atoms with Gasteiger partial charge in [-0.15, -0.1) is 0 Å². The van der Waals surface area contributed by atoms with Gasteiger partial charge in [-0.3, -0.25) is 14.3 Å². The zero-order valence-electron chi connectivity index (χ0n) is 16.7. The monoisotopic (exact) mass is 415 g/mol. The van der Waals surface area contributed by atoms with Crippen LogP contribution in [-0.4, -0.2) is 31.7 Å². The molecule has 7 nitrogen and oxygen atoms in total. The van der Waals surface area contributed by atoms with E-state index in [0.29, 0.717) is 24.5 Å². The Kier molecular flexibility index (Phi) is 5.93. The molecule has 0 unspecified atom stereocenters. The van der Waals surface area contributed by atoms with E-state index in [1.165, 1.54) is 31.2 Å². The van der Waals surface area contributed by atoms with Crippen molar-refractivity contribution in [2.45, 2.75) is 38.6 Å². The number of benzene rings is 2. The summed E-state index contributed by atoms with van der Waals surface area (Å²) in [4.78, 5) is 25.3. The summed E-state index contributed by atoms with van der Waals surface area (Å²) in [5.74, 6) is -0.197. The lowest BCUT2D eigenvalue weighted by Gasteiger charge is -2.30. The van der Waals surface area contributed by atoms with Crippen LogP contribution in [0.1, 0.15) is 31.9 Å². The summed E-state index contributed by atoms with van der Waals surface area (Å²) in [6, 6.07) is 11.4. The van der Waals surface area contributed by atoms with Crippen molar-refractivity contribution in [3.05, 3.63) is 53.6 Å². The molecule has 0 saturated carbocycles. The summed E-state index contributed by atoms with van der Waals surface area (Å²) in [7, 11) is -3.77. The van der Waals surface area contributed by atoms with Gasteiger partial charge in [-0.2, -0.15) is 0 Å². The molecule has 0 saturated heterocycles. The molecule has 8 heteroatoms. The Hall–Kier alpha value is -2.87. The van der Waals surface area contributed by atoms with Gasteiger partial charge in [-0.1, -0.05) is 19.9 Å². The van der Waals surface area contributed by atoms with Crippen LogP contribution in [0.25, 0.3) is 0 Å². The highest BCUT2D eigenvalue weighted by molar-refractivity contribution is 7.92. The molecule has 1 heterocycles. The average molecular weight is 416 g/mol. The van der Waals surface area contributed by atoms with E-state index < -0.39 is 10.0 Å². The first-order valence-electron chi connectivity index (χ1n) is 9.47. The minimum Gasteiger partial charge on any atom is -0.338 e. The molecule has 154 valence electrons. The highest BCUT2D eigenvalue weighted by Gasteiger charge is 2.23. The maximum Gasteiger partial charge on any atom is 0.261 e. The third-order valence-electron chi connectivity index (χ3n) is 4.76. The van der Waals surface area contributed by atoms with E-state index in [-0.39, 0.29) is 22.6 Å².